The van der Waals surface area contributed by atoms with E-state index in [1.54, 1.807) is 0 Å². The Hall–Kier alpha value is -1.07. The van der Waals surface area contributed by atoms with Gasteiger partial charge in [0.15, 0.2) is 5.02 Å². The van der Waals surface area contributed by atoms with Gasteiger partial charge in [-0.1, -0.05) is 11.6 Å². The lowest BCUT2D eigenvalue weighted by Crippen LogP contribution is -2.34. The first-order valence-electron chi connectivity index (χ1n) is 5.32. The molecule has 2 atom stereocenters. The highest BCUT2D eigenvalue weighted by Gasteiger charge is 2.22. The van der Waals surface area contributed by atoms with Crippen LogP contribution in [0.4, 0.5) is 0 Å². The standard InChI is InChI=1S/C10H14ClN3O2/c11-8-9(15)13-5-14-10(8)16-7-3-1-2-6(12)4-7/h5-7H,1-4,12H2,(H,13,14,15). The minimum atomic E-state index is -0.383. The van der Waals surface area contributed by atoms with Gasteiger partial charge >= 0.3 is 0 Å². The predicted molar refractivity (Wildman–Crippen MR) is 60.7 cm³/mol. The highest BCUT2D eigenvalue weighted by Crippen LogP contribution is 2.24. The largest absolute Gasteiger partial charge is 0.473 e. The van der Waals surface area contributed by atoms with Gasteiger partial charge < -0.3 is 15.5 Å². The second-order valence-corrected chi connectivity index (χ2v) is 4.40. The third-order valence-corrected chi connectivity index (χ3v) is 3.04. The van der Waals surface area contributed by atoms with Crippen LogP contribution in [0.2, 0.25) is 5.02 Å². The Labute approximate surface area is 98.0 Å². The van der Waals surface area contributed by atoms with Gasteiger partial charge in [0.2, 0.25) is 5.88 Å². The van der Waals surface area contributed by atoms with Crippen LogP contribution in [0.5, 0.6) is 5.88 Å². The molecule has 2 rings (SSSR count). The highest BCUT2D eigenvalue weighted by molar-refractivity contribution is 6.31. The monoisotopic (exact) mass is 243 g/mol. The Bertz CT molecular complexity index is 421. The first-order valence-corrected chi connectivity index (χ1v) is 5.70. The molecule has 0 spiro atoms. The van der Waals surface area contributed by atoms with Gasteiger partial charge in [-0.25, -0.2) is 4.98 Å². The van der Waals surface area contributed by atoms with E-state index in [2.05, 4.69) is 9.97 Å². The summed E-state index contributed by atoms with van der Waals surface area (Å²) in [5.74, 6) is 0.199. The molecule has 0 bridgehead atoms. The van der Waals surface area contributed by atoms with Crippen molar-refractivity contribution in [3.05, 3.63) is 21.7 Å². The van der Waals surface area contributed by atoms with E-state index in [4.69, 9.17) is 22.1 Å². The van der Waals surface area contributed by atoms with Gasteiger partial charge in [0, 0.05) is 6.04 Å². The van der Waals surface area contributed by atoms with Gasteiger partial charge in [0.05, 0.1) is 6.33 Å². The summed E-state index contributed by atoms with van der Waals surface area (Å²) in [6.07, 6.45) is 5.06. The topological polar surface area (TPSA) is 81.0 Å². The van der Waals surface area contributed by atoms with Crippen LogP contribution in [0, 0.1) is 0 Å². The van der Waals surface area contributed by atoms with E-state index < -0.39 is 0 Å². The second-order valence-electron chi connectivity index (χ2n) is 4.02. The van der Waals surface area contributed by atoms with Gasteiger partial charge in [0.1, 0.15) is 6.10 Å². The lowest BCUT2D eigenvalue weighted by Gasteiger charge is -2.26. The maximum atomic E-state index is 11.2. The van der Waals surface area contributed by atoms with Gasteiger partial charge in [-0.2, -0.15) is 0 Å². The van der Waals surface area contributed by atoms with E-state index >= 15 is 0 Å². The molecule has 16 heavy (non-hydrogen) atoms. The fourth-order valence-electron chi connectivity index (χ4n) is 1.89. The summed E-state index contributed by atoms with van der Waals surface area (Å²) in [5, 5.41) is 0.00152. The molecule has 1 aliphatic rings. The second kappa shape index (κ2) is 4.84. The molecule has 1 fully saturated rings. The van der Waals surface area contributed by atoms with Crippen molar-refractivity contribution in [2.24, 2.45) is 5.73 Å². The molecule has 0 amide bonds. The zero-order chi connectivity index (χ0) is 11.5. The van der Waals surface area contributed by atoms with Gasteiger partial charge in [0.25, 0.3) is 5.56 Å². The molecule has 3 N–H and O–H groups in total. The van der Waals surface area contributed by atoms with Gasteiger partial charge in [-0.05, 0) is 25.7 Å². The number of hydrogen-bond donors (Lipinski definition) is 2. The number of nitrogens with one attached hydrogen (secondary N) is 1. The molecule has 0 aromatic carbocycles. The van der Waals surface area contributed by atoms with Crippen LogP contribution < -0.4 is 16.0 Å². The first kappa shape index (κ1) is 11.4. The van der Waals surface area contributed by atoms with Gasteiger partial charge in [-0.15, -0.1) is 0 Å². The lowest BCUT2D eigenvalue weighted by molar-refractivity contribution is 0.138. The third-order valence-electron chi connectivity index (χ3n) is 2.71. The number of aromatic nitrogens is 2. The fourth-order valence-corrected chi connectivity index (χ4v) is 2.04. The maximum Gasteiger partial charge on any atom is 0.273 e. The maximum absolute atomic E-state index is 11.2. The Balaban J connectivity index is 2.08. The molecule has 6 heteroatoms. The van der Waals surface area contributed by atoms with Crippen LogP contribution in [0.3, 0.4) is 0 Å². The Morgan fingerprint density at radius 2 is 2.38 bits per heavy atom. The van der Waals surface area contributed by atoms with E-state index in [0.29, 0.717) is 0 Å². The quantitative estimate of drug-likeness (QED) is 0.814. The molecule has 0 radical (unpaired) electrons. The Morgan fingerprint density at radius 1 is 1.56 bits per heavy atom. The molecule has 1 aromatic heterocycles. The molecular weight excluding hydrogens is 230 g/mol. The molecule has 88 valence electrons. The van der Waals surface area contributed by atoms with E-state index in [0.717, 1.165) is 25.7 Å². The fraction of sp³-hybridized carbons (Fsp3) is 0.600. The summed E-state index contributed by atoms with van der Waals surface area (Å²) in [6.45, 7) is 0. The lowest BCUT2D eigenvalue weighted by atomic mass is 9.94. The zero-order valence-corrected chi connectivity index (χ0v) is 9.54. The van der Waals surface area contributed by atoms with Crippen molar-refractivity contribution in [3.8, 4) is 5.88 Å². The van der Waals surface area contributed by atoms with Crippen molar-refractivity contribution in [3.63, 3.8) is 0 Å². The van der Waals surface area contributed by atoms with Crippen LogP contribution in [0.1, 0.15) is 25.7 Å². The minimum absolute atomic E-state index is 0.00152. The number of ether oxygens (including phenoxy) is 1. The predicted octanol–water partition coefficient (Wildman–Crippen LogP) is 1.07. The van der Waals surface area contributed by atoms with E-state index in [1.807, 2.05) is 0 Å². The highest BCUT2D eigenvalue weighted by atomic mass is 35.5. The number of hydrogen-bond acceptors (Lipinski definition) is 4. The van der Waals surface area contributed by atoms with Crippen molar-refractivity contribution >= 4 is 11.6 Å². The zero-order valence-electron chi connectivity index (χ0n) is 8.78. The molecule has 1 saturated carbocycles. The number of nitrogens with two attached hydrogens (primary N) is 1. The normalized spacial score (nSPS) is 25.4. The molecule has 1 aliphatic carbocycles. The number of nitrogens with zero attached hydrogens (tertiary/aromatic N) is 1. The van der Waals surface area contributed by atoms with E-state index in [-0.39, 0.29) is 28.6 Å². The average molecular weight is 244 g/mol. The number of aromatic amines is 1. The minimum Gasteiger partial charge on any atom is -0.473 e. The molecule has 0 saturated heterocycles. The molecule has 2 unspecified atom stereocenters. The van der Waals surface area contributed by atoms with E-state index in [9.17, 15) is 4.79 Å². The van der Waals surface area contributed by atoms with Crippen LogP contribution in [-0.4, -0.2) is 22.1 Å². The van der Waals surface area contributed by atoms with Crippen LogP contribution in [-0.2, 0) is 0 Å². The number of halogens is 1. The van der Waals surface area contributed by atoms with Crippen molar-refractivity contribution in [2.45, 2.75) is 37.8 Å². The van der Waals surface area contributed by atoms with Crippen molar-refractivity contribution in [1.29, 1.82) is 0 Å². The van der Waals surface area contributed by atoms with Gasteiger partial charge in [-0.3, -0.25) is 4.79 Å². The molecule has 0 aliphatic heterocycles. The van der Waals surface area contributed by atoms with Crippen LogP contribution >= 0.6 is 11.6 Å². The van der Waals surface area contributed by atoms with Crippen molar-refractivity contribution < 1.29 is 4.74 Å². The van der Waals surface area contributed by atoms with Crippen LogP contribution in [0.25, 0.3) is 0 Å². The first-order chi connectivity index (χ1) is 7.66. The molecular formula is C10H14ClN3O2. The molecule has 5 nitrogen and oxygen atoms in total. The summed E-state index contributed by atoms with van der Waals surface area (Å²) in [5.41, 5.74) is 5.46. The summed E-state index contributed by atoms with van der Waals surface area (Å²) < 4.78 is 5.59. The summed E-state index contributed by atoms with van der Waals surface area (Å²) in [7, 11) is 0. The van der Waals surface area contributed by atoms with Crippen molar-refractivity contribution in [2.75, 3.05) is 0 Å². The smallest absolute Gasteiger partial charge is 0.273 e. The number of H-pyrrole nitrogens is 1. The average Bonchev–Trinajstić information content (AvgIpc) is 2.25. The van der Waals surface area contributed by atoms with Crippen LogP contribution in [0.15, 0.2) is 11.1 Å². The summed E-state index contributed by atoms with van der Waals surface area (Å²) >= 11 is 5.79. The summed E-state index contributed by atoms with van der Waals surface area (Å²) in [4.78, 5) is 17.5. The third kappa shape index (κ3) is 2.54. The Kier molecular flexibility index (Phi) is 3.46. The number of rotatable bonds is 2. The summed E-state index contributed by atoms with van der Waals surface area (Å²) in [6, 6.07) is 0.166. The SMILES string of the molecule is NC1CCCC(Oc2nc[nH]c(=O)c2Cl)C1. The molecule has 1 aromatic rings. The van der Waals surface area contributed by atoms with Crippen molar-refractivity contribution in [1.82, 2.24) is 9.97 Å². The van der Waals surface area contributed by atoms with E-state index in [1.165, 1.54) is 6.33 Å². The molecule has 1 heterocycles. The Morgan fingerprint density at radius 3 is 3.12 bits per heavy atom.